The third kappa shape index (κ3) is 3.21. The number of para-hydroxylation sites is 1. The molecule has 0 saturated heterocycles. The van der Waals surface area contributed by atoms with Gasteiger partial charge in [0.1, 0.15) is 5.88 Å². The number of hydrogen-bond donors (Lipinski definition) is 0. The highest BCUT2D eigenvalue weighted by Gasteiger charge is 2.15. The van der Waals surface area contributed by atoms with E-state index in [9.17, 15) is 4.79 Å². The Kier molecular flexibility index (Phi) is 4.98. The first-order valence-corrected chi connectivity index (χ1v) is 5.88. The Morgan fingerprint density at radius 2 is 2.00 bits per heavy atom. The van der Waals surface area contributed by atoms with Crippen LogP contribution in [0.25, 0.3) is 0 Å². The lowest BCUT2D eigenvalue weighted by Gasteiger charge is -2.21. The van der Waals surface area contributed by atoms with Gasteiger partial charge in [0, 0.05) is 6.20 Å². The average molecular weight is 250 g/mol. The average Bonchev–Trinajstić information content (AvgIpc) is 2.32. The Bertz CT molecular complexity index is 431. The number of alkyl halides is 1. The van der Waals surface area contributed by atoms with E-state index in [0.29, 0.717) is 0 Å². The Labute approximate surface area is 107 Å². The van der Waals surface area contributed by atoms with Crippen molar-refractivity contribution in [3.8, 4) is 0 Å². The molecule has 0 bridgehead atoms. The molecule has 0 N–H and O–H groups in total. The number of rotatable bonds is 4. The summed E-state index contributed by atoms with van der Waals surface area (Å²) < 4.78 is 0. The van der Waals surface area contributed by atoms with Gasteiger partial charge in [-0.25, -0.2) is 0 Å². The van der Waals surface area contributed by atoms with Crippen LogP contribution < -0.4 is 4.90 Å². The molecule has 1 rings (SSSR count). The predicted octanol–water partition coefficient (Wildman–Crippen LogP) is 3.57. The number of nitrogens with zero attached hydrogens (tertiary/aromatic N) is 1. The van der Waals surface area contributed by atoms with Crippen LogP contribution in [0.5, 0.6) is 0 Å². The monoisotopic (exact) mass is 249 g/mol. The minimum absolute atomic E-state index is 0.0464. The van der Waals surface area contributed by atoms with Crippen LogP contribution in [0, 0.1) is 13.8 Å². The van der Waals surface area contributed by atoms with E-state index in [1.165, 1.54) is 0 Å². The maximum absolute atomic E-state index is 11.8. The van der Waals surface area contributed by atoms with E-state index in [1.807, 2.05) is 32.0 Å². The molecule has 0 spiro atoms. The first-order chi connectivity index (χ1) is 8.11. The van der Waals surface area contributed by atoms with Crippen molar-refractivity contribution >= 4 is 23.2 Å². The molecule has 0 heterocycles. The van der Waals surface area contributed by atoms with E-state index in [-0.39, 0.29) is 11.8 Å². The zero-order chi connectivity index (χ0) is 12.8. The highest BCUT2D eigenvalue weighted by atomic mass is 35.5. The molecule has 0 aliphatic heterocycles. The normalized spacial score (nSPS) is 10.5. The summed E-state index contributed by atoms with van der Waals surface area (Å²) in [6, 6.07) is 5.91. The Morgan fingerprint density at radius 1 is 1.41 bits per heavy atom. The minimum atomic E-state index is -0.151. The number of carbonyl (C=O) groups is 1. The zero-order valence-electron chi connectivity index (χ0n) is 10.1. The van der Waals surface area contributed by atoms with Crippen molar-refractivity contribution in [3.05, 3.63) is 54.3 Å². The Morgan fingerprint density at radius 3 is 2.47 bits per heavy atom. The van der Waals surface area contributed by atoms with Gasteiger partial charge in [0.25, 0.3) is 0 Å². The van der Waals surface area contributed by atoms with E-state index in [2.05, 4.69) is 6.58 Å². The lowest BCUT2D eigenvalue weighted by Crippen LogP contribution is -2.27. The van der Waals surface area contributed by atoms with Crippen LogP contribution in [0.4, 0.5) is 5.69 Å². The molecule has 0 aliphatic carbocycles. The number of benzene rings is 1. The van der Waals surface area contributed by atoms with Crippen LogP contribution >= 0.6 is 11.6 Å². The second-order valence-electron chi connectivity index (χ2n) is 3.72. The van der Waals surface area contributed by atoms with E-state index in [0.717, 1.165) is 16.8 Å². The number of hydrogen-bond acceptors (Lipinski definition) is 1. The first-order valence-electron chi connectivity index (χ1n) is 5.35. The van der Waals surface area contributed by atoms with Crippen molar-refractivity contribution in [1.82, 2.24) is 0 Å². The van der Waals surface area contributed by atoms with Crippen LogP contribution in [-0.4, -0.2) is 11.8 Å². The molecule has 0 radical (unpaired) electrons. The van der Waals surface area contributed by atoms with Gasteiger partial charge in [-0.3, -0.25) is 9.69 Å². The fourth-order valence-corrected chi connectivity index (χ4v) is 1.81. The fraction of sp³-hybridized carbons (Fsp3) is 0.214. The number of aryl methyl sites for hydroxylation is 2. The summed E-state index contributed by atoms with van der Waals surface area (Å²) in [6.07, 6.45) is 5.03. The van der Waals surface area contributed by atoms with Gasteiger partial charge in [0.05, 0.1) is 5.69 Å². The summed E-state index contributed by atoms with van der Waals surface area (Å²) in [6.45, 7) is 7.54. The lowest BCUT2D eigenvalue weighted by molar-refractivity contribution is -0.115. The molecule has 17 heavy (non-hydrogen) atoms. The van der Waals surface area contributed by atoms with E-state index >= 15 is 0 Å². The van der Waals surface area contributed by atoms with Crippen LogP contribution in [0.2, 0.25) is 0 Å². The van der Waals surface area contributed by atoms with Gasteiger partial charge in [0.15, 0.2) is 0 Å². The van der Waals surface area contributed by atoms with Crippen LogP contribution in [0.1, 0.15) is 11.1 Å². The topological polar surface area (TPSA) is 20.3 Å². The second-order valence-corrected chi connectivity index (χ2v) is 3.98. The molecule has 3 heteroatoms. The summed E-state index contributed by atoms with van der Waals surface area (Å²) in [5.74, 6) is -0.197. The summed E-state index contributed by atoms with van der Waals surface area (Å²) >= 11 is 5.63. The molecule has 0 aliphatic rings. The fourth-order valence-electron chi connectivity index (χ4n) is 1.68. The van der Waals surface area contributed by atoms with Gasteiger partial charge in [-0.1, -0.05) is 30.9 Å². The highest BCUT2D eigenvalue weighted by molar-refractivity contribution is 6.29. The van der Waals surface area contributed by atoms with Crippen LogP contribution in [-0.2, 0) is 4.79 Å². The van der Waals surface area contributed by atoms with Gasteiger partial charge < -0.3 is 0 Å². The lowest BCUT2D eigenvalue weighted by atomic mass is 10.1. The van der Waals surface area contributed by atoms with Gasteiger partial charge in [0.2, 0.25) is 5.91 Å². The quantitative estimate of drug-likeness (QED) is 0.590. The number of halogens is 1. The van der Waals surface area contributed by atoms with E-state index in [1.54, 1.807) is 23.3 Å². The van der Waals surface area contributed by atoms with Gasteiger partial charge in [-0.2, -0.15) is 0 Å². The molecular weight excluding hydrogens is 234 g/mol. The third-order valence-corrected chi connectivity index (χ3v) is 2.66. The molecule has 0 fully saturated rings. The molecule has 0 saturated carbocycles. The SMILES string of the molecule is C=C/C=C/N(C(=O)CCl)c1c(C)cccc1C. The molecule has 0 unspecified atom stereocenters. The summed E-state index contributed by atoms with van der Waals surface area (Å²) in [5, 5.41) is 0. The number of carbonyl (C=O) groups excluding carboxylic acids is 1. The molecular formula is C14H16ClNO. The van der Waals surface area contributed by atoms with E-state index < -0.39 is 0 Å². The molecule has 1 aromatic carbocycles. The van der Waals surface area contributed by atoms with Crippen molar-refractivity contribution in [2.75, 3.05) is 10.8 Å². The number of amides is 1. The number of anilines is 1. The maximum Gasteiger partial charge on any atom is 0.245 e. The minimum Gasteiger partial charge on any atom is -0.286 e. The summed E-state index contributed by atoms with van der Waals surface area (Å²) in [7, 11) is 0. The molecule has 90 valence electrons. The first kappa shape index (κ1) is 13.5. The predicted molar refractivity (Wildman–Crippen MR) is 73.5 cm³/mol. The standard InChI is InChI=1S/C14H16ClNO/c1-4-5-9-16(13(17)10-15)14-11(2)7-6-8-12(14)3/h4-9H,1,10H2,2-3H3/b9-5+. The van der Waals surface area contributed by atoms with Crippen molar-refractivity contribution in [2.45, 2.75) is 13.8 Å². The van der Waals surface area contributed by atoms with Crippen molar-refractivity contribution in [2.24, 2.45) is 0 Å². The van der Waals surface area contributed by atoms with Crippen LogP contribution in [0.3, 0.4) is 0 Å². The van der Waals surface area contributed by atoms with E-state index in [4.69, 9.17) is 11.6 Å². The molecule has 0 atom stereocenters. The Hall–Kier alpha value is -1.54. The van der Waals surface area contributed by atoms with Gasteiger partial charge >= 0.3 is 0 Å². The maximum atomic E-state index is 11.8. The van der Waals surface area contributed by atoms with Crippen molar-refractivity contribution in [3.63, 3.8) is 0 Å². The third-order valence-electron chi connectivity index (χ3n) is 2.43. The highest BCUT2D eigenvalue weighted by Crippen LogP contribution is 2.25. The Balaban J connectivity index is 3.26. The van der Waals surface area contributed by atoms with Crippen molar-refractivity contribution in [1.29, 1.82) is 0 Å². The molecule has 1 amide bonds. The summed E-state index contributed by atoms with van der Waals surface area (Å²) in [5.41, 5.74) is 2.96. The van der Waals surface area contributed by atoms with Crippen LogP contribution in [0.15, 0.2) is 43.1 Å². The second kappa shape index (κ2) is 6.26. The van der Waals surface area contributed by atoms with Crippen molar-refractivity contribution < 1.29 is 4.79 Å². The number of allylic oxidation sites excluding steroid dienone is 2. The molecule has 2 nitrogen and oxygen atoms in total. The summed E-state index contributed by atoms with van der Waals surface area (Å²) in [4.78, 5) is 13.4. The molecule has 0 aromatic heterocycles. The van der Waals surface area contributed by atoms with Gasteiger partial charge in [-0.15, -0.1) is 11.6 Å². The molecule has 1 aromatic rings. The zero-order valence-corrected chi connectivity index (χ0v) is 10.9. The smallest absolute Gasteiger partial charge is 0.245 e. The largest absolute Gasteiger partial charge is 0.286 e. The van der Waals surface area contributed by atoms with Gasteiger partial charge in [-0.05, 0) is 31.1 Å².